The fourth-order valence-electron chi connectivity index (χ4n) is 3.03. The van der Waals surface area contributed by atoms with E-state index in [2.05, 4.69) is 47.8 Å². The number of benzene rings is 2. The molecule has 164 valence electrons. The predicted molar refractivity (Wildman–Crippen MR) is 124 cm³/mol. The highest BCUT2D eigenvalue weighted by Crippen LogP contribution is 2.20. The van der Waals surface area contributed by atoms with Gasteiger partial charge < -0.3 is 20.1 Å². The summed E-state index contributed by atoms with van der Waals surface area (Å²) < 4.78 is 12.8. The number of para-hydroxylation sites is 1. The van der Waals surface area contributed by atoms with Gasteiger partial charge in [0.15, 0.2) is 5.96 Å². The van der Waals surface area contributed by atoms with Gasteiger partial charge in [-0.25, -0.2) is 9.67 Å². The Bertz CT molecular complexity index is 969. The lowest BCUT2D eigenvalue weighted by Gasteiger charge is -2.15. The molecular weight excluding hydrogens is 390 g/mol. The van der Waals surface area contributed by atoms with Crippen LogP contribution < -0.4 is 15.4 Å². The Morgan fingerprint density at radius 2 is 1.94 bits per heavy atom. The zero-order valence-electron chi connectivity index (χ0n) is 18.5. The molecule has 3 aromatic rings. The summed E-state index contributed by atoms with van der Waals surface area (Å²) in [7, 11) is 1.67. The Labute approximate surface area is 184 Å². The van der Waals surface area contributed by atoms with E-state index in [1.807, 2.05) is 47.4 Å². The van der Waals surface area contributed by atoms with Gasteiger partial charge in [-0.3, -0.25) is 0 Å². The second-order valence-electron chi connectivity index (χ2n) is 7.13. The average Bonchev–Trinajstić information content (AvgIpc) is 3.26. The average molecular weight is 422 g/mol. The van der Waals surface area contributed by atoms with Crippen molar-refractivity contribution in [3.63, 3.8) is 0 Å². The third kappa shape index (κ3) is 6.86. The summed E-state index contributed by atoms with van der Waals surface area (Å²) in [5, 5.41) is 11.1. The van der Waals surface area contributed by atoms with Crippen molar-refractivity contribution in [3.8, 4) is 11.4 Å². The lowest BCUT2D eigenvalue weighted by Crippen LogP contribution is -2.36. The fraction of sp³-hybridized carbons (Fsp3) is 0.333. The highest BCUT2D eigenvalue weighted by Gasteiger charge is 2.07. The highest BCUT2D eigenvalue weighted by molar-refractivity contribution is 5.79. The third-order valence-corrected chi connectivity index (χ3v) is 4.63. The van der Waals surface area contributed by atoms with Gasteiger partial charge in [0, 0.05) is 37.5 Å². The van der Waals surface area contributed by atoms with E-state index in [1.165, 1.54) is 0 Å². The number of hydrogen-bond donors (Lipinski definition) is 2. The maximum absolute atomic E-state index is 5.89. The first kappa shape index (κ1) is 22.4. The normalized spacial score (nSPS) is 11.4. The zero-order valence-corrected chi connectivity index (χ0v) is 18.5. The molecule has 31 heavy (non-hydrogen) atoms. The standard InChI is InChI=1S/C24H31N5O2/c1-4-25-24(26-15-20-16-28-29(18-20)22-8-6-5-7-9-22)27-17-21-11-10-19(2)14-23(21)31-13-12-30-3/h5-11,14,16,18H,4,12-13,15,17H2,1-3H3,(H2,25,26,27). The van der Waals surface area contributed by atoms with Gasteiger partial charge in [-0.1, -0.05) is 30.3 Å². The summed E-state index contributed by atoms with van der Waals surface area (Å²) in [6, 6.07) is 16.3. The molecule has 0 bridgehead atoms. The minimum Gasteiger partial charge on any atom is -0.491 e. The summed E-state index contributed by atoms with van der Waals surface area (Å²) in [5.74, 6) is 1.61. The number of nitrogens with one attached hydrogen (secondary N) is 2. The quantitative estimate of drug-likeness (QED) is 0.298. The molecule has 0 fully saturated rings. The summed E-state index contributed by atoms with van der Waals surface area (Å²) in [4.78, 5) is 4.71. The summed E-state index contributed by atoms with van der Waals surface area (Å²) >= 11 is 0. The van der Waals surface area contributed by atoms with Crippen LogP contribution in [0.5, 0.6) is 5.75 Å². The zero-order chi connectivity index (χ0) is 21.9. The van der Waals surface area contributed by atoms with Crippen molar-refractivity contribution in [1.29, 1.82) is 0 Å². The Kier molecular flexibility index (Phi) is 8.48. The molecule has 0 saturated heterocycles. The number of aryl methyl sites for hydroxylation is 1. The van der Waals surface area contributed by atoms with Gasteiger partial charge >= 0.3 is 0 Å². The molecule has 0 aliphatic heterocycles. The van der Waals surface area contributed by atoms with Crippen LogP contribution in [0.25, 0.3) is 5.69 Å². The molecule has 0 aliphatic rings. The van der Waals surface area contributed by atoms with E-state index in [-0.39, 0.29) is 0 Å². The van der Waals surface area contributed by atoms with E-state index in [9.17, 15) is 0 Å². The van der Waals surface area contributed by atoms with Crippen LogP contribution in [0.3, 0.4) is 0 Å². The summed E-state index contributed by atoms with van der Waals surface area (Å²) in [5.41, 5.74) is 4.31. The van der Waals surface area contributed by atoms with Crippen molar-refractivity contribution >= 4 is 5.96 Å². The van der Waals surface area contributed by atoms with Crippen molar-refractivity contribution in [2.75, 3.05) is 26.9 Å². The Balaban J connectivity index is 1.64. The molecule has 1 heterocycles. The number of rotatable bonds is 10. The molecule has 0 radical (unpaired) electrons. The van der Waals surface area contributed by atoms with E-state index >= 15 is 0 Å². The maximum Gasteiger partial charge on any atom is 0.191 e. The van der Waals surface area contributed by atoms with E-state index in [1.54, 1.807) is 7.11 Å². The molecule has 1 aromatic heterocycles. The monoisotopic (exact) mass is 421 g/mol. The van der Waals surface area contributed by atoms with E-state index < -0.39 is 0 Å². The topological polar surface area (TPSA) is 72.7 Å². The van der Waals surface area contributed by atoms with Crippen molar-refractivity contribution in [2.45, 2.75) is 26.9 Å². The largest absolute Gasteiger partial charge is 0.491 e. The molecule has 7 heteroatoms. The Hall–Kier alpha value is -3.32. The van der Waals surface area contributed by atoms with E-state index in [0.29, 0.717) is 26.3 Å². The van der Waals surface area contributed by atoms with Crippen LogP contribution in [0.4, 0.5) is 0 Å². The van der Waals surface area contributed by atoms with Crippen LogP contribution in [-0.4, -0.2) is 42.6 Å². The molecule has 2 N–H and O–H groups in total. The number of nitrogens with zero attached hydrogens (tertiary/aromatic N) is 3. The molecule has 0 aliphatic carbocycles. The second kappa shape index (κ2) is 11.8. The number of methoxy groups -OCH3 is 1. The lowest BCUT2D eigenvalue weighted by molar-refractivity contribution is 0.145. The second-order valence-corrected chi connectivity index (χ2v) is 7.13. The van der Waals surface area contributed by atoms with Crippen LogP contribution in [0.15, 0.2) is 65.9 Å². The summed E-state index contributed by atoms with van der Waals surface area (Å²) in [6.45, 7) is 7.11. The van der Waals surface area contributed by atoms with Gasteiger partial charge in [0.05, 0.1) is 25.0 Å². The molecule has 0 unspecified atom stereocenters. The van der Waals surface area contributed by atoms with Crippen LogP contribution in [0.1, 0.15) is 23.6 Å². The van der Waals surface area contributed by atoms with Crippen LogP contribution >= 0.6 is 0 Å². The number of ether oxygens (including phenoxy) is 2. The predicted octanol–water partition coefficient (Wildman–Crippen LogP) is 3.46. The van der Waals surface area contributed by atoms with Gasteiger partial charge in [0.2, 0.25) is 0 Å². The number of hydrogen-bond acceptors (Lipinski definition) is 4. The Morgan fingerprint density at radius 3 is 2.71 bits per heavy atom. The fourth-order valence-corrected chi connectivity index (χ4v) is 3.03. The molecule has 0 amide bonds. The molecular formula is C24H31N5O2. The maximum atomic E-state index is 5.89. The van der Waals surface area contributed by atoms with Crippen molar-refractivity contribution in [2.24, 2.45) is 4.99 Å². The minimum absolute atomic E-state index is 0.520. The van der Waals surface area contributed by atoms with Crippen LogP contribution in [0, 0.1) is 6.92 Å². The van der Waals surface area contributed by atoms with Gasteiger partial charge in [0.1, 0.15) is 12.4 Å². The smallest absolute Gasteiger partial charge is 0.191 e. The van der Waals surface area contributed by atoms with Crippen LogP contribution in [0.2, 0.25) is 0 Å². The third-order valence-electron chi connectivity index (χ3n) is 4.63. The van der Waals surface area contributed by atoms with Crippen molar-refractivity contribution in [1.82, 2.24) is 20.4 Å². The number of aromatic nitrogens is 2. The van der Waals surface area contributed by atoms with Crippen molar-refractivity contribution < 1.29 is 9.47 Å². The first-order valence-electron chi connectivity index (χ1n) is 10.5. The van der Waals surface area contributed by atoms with Gasteiger partial charge in [-0.2, -0.15) is 5.10 Å². The van der Waals surface area contributed by atoms with E-state index in [0.717, 1.165) is 40.6 Å². The van der Waals surface area contributed by atoms with Crippen LogP contribution in [-0.2, 0) is 17.8 Å². The SMILES string of the molecule is CCNC(=NCc1cnn(-c2ccccc2)c1)NCc1ccc(C)cc1OCCOC. The first-order valence-corrected chi connectivity index (χ1v) is 10.5. The lowest BCUT2D eigenvalue weighted by atomic mass is 10.1. The van der Waals surface area contributed by atoms with Crippen molar-refractivity contribution in [3.05, 3.63) is 77.6 Å². The van der Waals surface area contributed by atoms with Gasteiger partial charge in [-0.15, -0.1) is 0 Å². The Morgan fingerprint density at radius 1 is 1.10 bits per heavy atom. The number of guanidine groups is 1. The molecule has 7 nitrogen and oxygen atoms in total. The van der Waals surface area contributed by atoms with Gasteiger partial charge in [0.25, 0.3) is 0 Å². The first-order chi connectivity index (χ1) is 15.2. The molecule has 0 saturated carbocycles. The highest BCUT2D eigenvalue weighted by atomic mass is 16.5. The minimum atomic E-state index is 0.520. The van der Waals surface area contributed by atoms with Gasteiger partial charge in [-0.05, 0) is 37.6 Å². The van der Waals surface area contributed by atoms with E-state index in [4.69, 9.17) is 14.5 Å². The molecule has 3 rings (SSSR count). The number of aliphatic imine (C=N–C) groups is 1. The molecule has 0 spiro atoms. The summed E-state index contributed by atoms with van der Waals surface area (Å²) in [6.07, 6.45) is 3.85. The molecule has 2 aromatic carbocycles. The molecule has 0 atom stereocenters.